The van der Waals surface area contributed by atoms with Gasteiger partial charge in [0.15, 0.2) is 5.67 Å². The number of piperidine rings is 1. The van der Waals surface area contributed by atoms with E-state index in [2.05, 4.69) is 4.90 Å². The van der Waals surface area contributed by atoms with Crippen molar-refractivity contribution in [3.05, 3.63) is 59.2 Å². The predicted molar refractivity (Wildman–Crippen MR) is 183 cm³/mol. The molecule has 3 saturated heterocycles. The van der Waals surface area contributed by atoms with E-state index in [9.17, 15) is 23.1 Å². The van der Waals surface area contributed by atoms with Crippen molar-refractivity contribution in [2.75, 3.05) is 78.6 Å². The lowest BCUT2D eigenvalue weighted by molar-refractivity contribution is -0.142. The summed E-state index contributed by atoms with van der Waals surface area (Å²) in [7, 11) is 4.68. The summed E-state index contributed by atoms with van der Waals surface area (Å²) in [5.41, 5.74) is -3.14. The van der Waals surface area contributed by atoms with E-state index < -0.39 is 46.8 Å². The van der Waals surface area contributed by atoms with Crippen molar-refractivity contribution in [2.45, 2.75) is 80.0 Å². The highest BCUT2D eigenvalue weighted by Gasteiger charge is 2.55. The van der Waals surface area contributed by atoms with E-state index in [1.165, 1.54) is 13.2 Å². The lowest BCUT2D eigenvalue weighted by Gasteiger charge is -2.36. The van der Waals surface area contributed by atoms with E-state index in [0.717, 1.165) is 43.4 Å². The van der Waals surface area contributed by atoms with Crippen LogP contribution in [0.2, 0.25) is 0 Å². The summed E-state index contributed by atoms with van der Waals surface area (Å²) in [5.74, 6) is -2.26. The molecule has 0 spiro atoms. The van der Waals surface area contributed by atoms with Gasteiger partial charge in [0.05, 0.1) is 31.3 Å². The van der Waals surface area contributed by atoms with E-state index in [0.29, 0.717) is 17.9 Å². The first kappa shape index (κ1) is 37.7. The number of benzene rings is 2. The largest absolute Gasteiger partial charge is 0.497 e. The predicted octanol–water partition coefficient (Wildman–Crippen LogP) is 6.53. The van der Waals surface area contributed by atoms with Crippen molar-refractivity contribution in [2.24, 2.45) is 5.92 Å². The van der Waals surface area contributed by atoms with E-state index >= 15 is 8.78 Å². The highest BCUT2D eigenvalue weighted by molar-refractivity contribution is 5.70. The minimum atomic E-state index is -4.62. The molecule has 1 N–H and O–H groups in total. The van der Waals surface area contributed by atoms with Crippen LogP contribution in [0.1, 0.15) is 67.1 Å². The van der Waals surface area contributed by atoms with Crippen LogP contribution in [0.15, 0.2) is 42.5 Å². The number of anilines is 1. The molecule has 2 aromatic carbocycles. The molecule has 4 aliphatic rings. The highest BCUT2D eigenvalue weighted by atomic mass is 19.4. The van der Waals surface area contributed by atoms with Gasteiger partial charge in [0.2, 0.25) is 0 Å². The Balaban J connectivity index is 1.30. The fourth-order valence-electron chi connectivity index (χ4n) is 9.11. The third kappa shape index (κ3) is 8.01. The normalized spacial score (nSPS) is 31.3. The maximum atomic E-state index is 17.8. The second-order valence-electron chi connectivity index (χ2n) is 15.0. The molecule has 3 heterocycles. The fourth-order valence-corrected chi connectivity index (χ4v) is 9.11. The number of carboxylic acid groups (broad SMARTS) is 1. The number of carboxylic acids is 1. The number of hydrogen-bond acceptors (Lipinski definition) is 7. The van der Waals surface area contributed by atoms with Gasteiger partial charge in [-0.25, -0.2) is 8.78 Å². The van der Waals surface area contributed by atoms with Gasteiger partial charge in [-0.3, -0.25) is 14.6 Å². The third-order valence-corrected chi connectivity index (χ3v) is 11.9. The Hall–Kier alpha value is -3.00. The van der Waals surface area contributed by atoms with Gasteiger partial charge < -0.3 is 24.2 Å². The minimum Gasteiger partial charge on any atom is -0.497 e. The van der Waals surface area contributed by atoms with Crippen molar-refractivity contribution in [1.82, 2.24) is 9.80 Å². The zero-order valence-electron chi connectivity index (χ0n) is 29.6. The number of methoxy groups -OCH3 is 3. The number of halogens is 5. The number of nitrogens with zero attached hydrogens (tertiary/aromatic N) is 3. The maximum Gasteiger partial charge on any atom is 0.416 e. The van der Waals surface area contributed by atoms with E-state index in [-0.39, 0.29) is 76.6 Å². The Morgan fingerprint density at radius 1 is 0.882 bits per heavy atom. The minimum absolute atomic E-state index is 0.0561. The van der Waals surface area contributed by atoms with Crippen LogP contribution in [0.3, 0.4) is 0 Å². The van der Waals surface area contributed by atoms with Crippen molar-refractivity contribution in [3.63, 3.8) is 0 Å². The third-order valence-electron chi connectivity index (χ3n) is 11.9. The van der Waals surface area contributed by atoms with E-state index in [1.54, 1.807) is 24.0 Å². The monoisotopic (exact) mass is 723 g/mol. The first-order valence-corrected chi connectivity index (χ1v) is 18.0. The topological polar surface area (TPSA) is 74.7 Å². The SMILES string of the molecule is COC[C@@]1(F)CN(C[C@@]2(F)CN(C3CCC(OC)CC3)C[C@H]2c2ccc(OC)cc2)C[C@@H]1c1ccc(C(F)(F)F)cc1N1CCC(C(=O)O)CC1. The molecule has 13 heteroatoms. The van der Waals surface area contributed by atoms with Gasteiger partial charge in [-0.1, -0.05) is 18.2 Å². The first-order valence-electron chi connectivity index (χ1n) is 18.0. The van der Waals surface area contributed by atoms with Gasteiger partial charge in [0.25, 0.3) is 0 Å². The molecule has 0 radical (unpaired) electrons. The van der Waals surface area contributed by atoms with Crippen LogP contribution in [0.4, 0.5) is 27.6 Å². The summed E-state index contributed by atoms with van der Waals surface area (Å²) in [5, 5.41) is 9.51. The van der Waals surface area contributed by atoms with Crippen LogP contribution in [0.5, 0.6) is 5.75 Å². The van der Waals surface area contributed by atoms with E-state index in [4.69, 9.17) is 14.2 Å². The quantitative estimate of drug-likeness (QED) is 0.263. The van der Waals surface area contributed by atoms with Crippen LogP contribution in [0.25, 0.3) is 0 Å². The number of aliphatic carboxylic acids is 1. The second-order valence-corrected chi connectivity index (χ2v) is 15.0. The molecule has 51 heavy (non-hydrogen) atoms. The molecule has 4 atom stereocenters. The molecule has 2 aromatic rings. The molecule has 3 aliphatic heterocycles. The number of rotatable bonds is 11. The van der Waals surface area contributed by atoms with Crippen LogP contribution in [-0.4, -0.2) is 118 Å². The smallest absolute Gasteiger partial charge is 0.416 e. The Morgan fingerprint density at radius 3 is 2.16 bits per heavy atom. The summed E-state index contributed by atoms with van der Waals surface area (Å²) >= 11 is 0. The molecular weight excluding hydrogens is 673 g/mol. The Kier molecular flexibility index (Phi) is 11.2. The molecule has 0 amide bonds. The summed E-state index contributed by atoms with van der Waals surface area (Å²) in [6.07, 6.45) is -0.277. The molecule has 1 saturated carbocycles. The molecule has 8 nitrogen and oxygen atoms in total. The van der Waals surface area contributed by atoms with Gasteiger partial charge in [0.1, 0.15) is 11.4 Å². The Bertz CT molecular complexity index is 1500. The lowest BCUT2D eigenvalue weighted by Crippen LogP contribution is -2.46. The van der Waals surface area contributed by atoms with Crippen molar-refractivity contribution in [1.29, 1.82) is 0 Å². The highest BCUT2D eigenvalue weighted by Crippen LogP contribution is 2.48. The zero-order valence-corrected chi connectivity index (χ0v) is 29.6. The van der Waals surface area contributed by atoms with Crippen molar-refractivity contribution < 1.29 is 46.1 Å². The molecule has 0 aromatic heterocycles. The number of hydrogen-bond donors (Lipinski definition) is 1. The number of carbonyl (C=O) groups is 1. The van der Waals surface area contributed by atoms with Gasteiger partial charge in [-0.15, -0.1) is 0 Å². The van der Waals surface area contributed by atoms with Crippen LogP contribution in [0, 0.1) is 5.92 Å². The van der Waals surface area contributed by atoms with Crippen LogP contribution >= 0.6 is 0 Å². The zero-order chi connectivity index (χ0) is 36.6. The molecular formula is C38H50F5N3O5. The average Bonchev–Trinajstić information content (AvgIpc) is 3.63. The van der Waals surface area contributed by atoms with Crippen LogP contribution < -0.4 is 9.64 Å². The Labute approximate surface area is 296 Å². The summed E-state index contributed by atoms with van der Waals surface area (Å²) in [6, 6.07) is 11.0. The number of likely N-dealkylation sites (tertiary alicyclic amines) is 2. The number of alkyl halides is 5. The maximum absolute atomic E-state index is 17.8. The molecule has 0 unspecified atom stereocenters. The summed E-state index contributed by atoms with van der Waals surface area (Å²) < 4.78 is 93.3. The van der Waals surface area contributed by atoms with Gasteiger partial charge >= 0.3 is 12.1 Å². The van der Waals surface area contributed by atoms with Gasteiger partial charge in [-0.2, -0.15) is 13.2 Å². The van der Waals surface area contributed by atoms with Crippen molar-refractivity contribution >= 4 is 11.7 Å². The second kappa shape index (κ2) is 15.2. The summed E-state index contributed by atoms with van der Waals surface area (Å²) in [4.78, 5) is 17.4. The lowest BCUT2D eigenvalue weighted by atomic mass is 9.84. The average molecular weight is 724 g/mol. The fraction of sp³-hybridized carbons (Fsp3) is 0.658. The molecule has 0 bridgehead atoms. The van der Waals surface area contributed by atoms with Crippen molar-refractivity contribution in [3.8, 4) is 5.75 Å². The molecule has 4 fully saturated rings. The standard InChI is InChI=1S/C38H50F5N3O5/c1-49-24-37(40)22-44(19-33(37)31-13-6-27(38(41,42)43)18-34(31)45-16-14-26(15-17-45)35(47)48)21-36(39)23-46(28-7-11-30(51-3)12-8-28)20-32(36)25-4-9-29(50-2)10-5-25/h4-6,9-10,13,18,26,28,30,32-33H,7-8,11-12,14-17,19-24H2,1-3H3,(H,47,48)/t28?,30?,32-,33+,36+,37-/m0/s1. The van der Waals surface area contributed by atoms with Crippen LogP contribution in [-0.2, 0) is 20.4 Å². The van der Waals surface area contributed by atoms with Gasteiger partial charge in [-0.05, 0) is 73.9 Å². The Morgan fingerprint density at radius 2 is 1.57 bits per heavy atom. The van der Waals surface area contributed by atoms with E-state index in [1.807, 2.05) is 24.3 Å². The molecule has 1 aliphatic carbocycles. The van der Waals surface area contributed by atoms with Gasteiger partial charge in [0, 0.05) is 83.6 Å². The first-order chi connectivity index (χ1) is 24.3. The summed E-state index contributed by atoms with van der Waals surface area (Å²) in [6.45, 7) is 0.717. The molecule has 282 valence electrons. The molecule has 6 rings (SSSR count). The number of ether oxygens (including phenoxy) is 3.